The van der Waals surface area contributed by atoms with Crippen LogP contribution in [0.15, 0.2) is 18.2 Å². The lowest BCUT2D eigenvalue weighted by Gasteiger charge is -2.28. The highest BCUT2D eigenvalue weighted by molar-refractivity contribution is 8.09. The van der Waals surface area contributed by atoms with Crippen LogP contribution in [0, 0.1) is 0 Å². The molecule has 2 atom stereocenters. The molecule has 80 valence electrons. The Morgan fingerprint density at radius 1 is 1.40 bits per heavy atom. The van der Waals surface area contributed by atoms with Gasteiger partial charge >= 0.3 is 0 Å². The number of ether oxygens (including phenoxy) is 2. The van der Waals surface area contributed by atoms with Gasteiger partial charge in [0.2, 0.25) is 15.6 Å². The number of fused-ring (bicyclic) bond motifs is 2. The van der Waals surface area contributed by atoms with Gasteiger partial charge in [-0.1, -0.05) is 24.8 Å². The van der Waals surface area contributed by atoms with Gasteiger partial charge in [-0.15, -0.1) is 0 Å². The molecule has 1 aromatic rings. The summed E-state index contributed by atoms with van der Waals surface area (Å²) in [7, 11) is 0. The highest BCUT2D eigenvalue weighted by atomic mass is 32.2. The predicted molar refractivity (Wildman–Crippen MR) is 58.4 cm³/mol. The minimum atomic E-state index is -0.307. The Morgan fingerprint density at radius 2 is 2.20 bits per heavy atom. The van der Waals surface area contributed by atoms with Gasteiger partial charge in [0.25, 0.3) is 0 Å². The molecule has 3 nitrogen and oxygen atoms in total. The molecule has 15 heavy (non-hydrogen) atoms. The van der Waals surface area contributed by atoms with Gasteiger partial charge in [0.05, 0.1) is 0 Å². The van der Waals surface area contributed by atoms with Crippen LogP contribution in [0.2, 0.25) is 0 Å². The number of para-hydroxylation sites is 1. The van der Waals surface area contributed by atoms with Crippen LogP contribution >= 0.6 is 11.8 Å². The number of rotatable bonds is 1. The zero-order valence-electron chi connectivity index (χ0n) is 8.61. The quantitative estimate of drug-likeness (QED) is 0.744. The van der Waals surface area contributed by atoms with Gasteiger partial charge in [0, 0.05) is 0 Å². The van der Waals surface area contributed by atoms with Crippen LogP contribution in [-0.4, -0.2) is 15.0 Å². The molecule has 1 N–H and O–H groups in total. The van der Waals surface area contributed by atoms with E-state index in [1.165, 1.54) is 0 Å². The van der Waals surface area contributed by atoms with Gasteiger partial charge < -0.3 is 14.6 Å². The summed E-state index contributed by atoms with van der Waals surface area (Å²) in [5.41, 5.74) is 0. The molecular formula is C11H12O3S. The molecule has 1 fully saturated rings. The number of hydrogen-bond acceptors (Lipinski definition) is 4. The third-order valence-corrected chi connectivity index (χ3v) is 4.69. The summed E-state index contributed by atoms with van der Waals surface area (Å²) in [5.74, 6) is 1.25. The van der Waals surface area contributed by atoms with E-state index in [9.17, 15) is 5.11 Å². The minimum absolute atomic E-state index is 0.148. The summed E-state index contributed by atoms with van der Waals surface area (Å²) in [5, 5.41) is 9.67. The summed E-state index contributed by atoms with van der Waals surface area (Å²) < 4.78 is 11.7. The number of phenols is 1. The molecule has 0 bridgehead atoms. The summed E-state index contributed by atoms with van der Waals surface area (Å²) in [4.78, 5) is -0.596. The van der Waals surface area contributed by atoms with Crippen LogP contribution in [0.1, 0.15) is 20.3 Å². The van der Waals surface area contributed by atoms with E-state index in [0.29, 0.717) is 11.5 Å². The van der Waals surface area contributed by atoms with Crippen LogP contribution in [-0.2, 0) is 0 Å². The van der Waals surface area contributed by atoms with Crippen LogP contribution in [0.5, 0.6) is 17.2 Å². The van der Waals surface area contributed by atoms with Crippen molar-refractivity contribution in [2.24, 2.45) is 0 Å². The maximum absolute atomic E-state index is 9.67. The molecule has 0 radical (unpaired) electrons. The molecule has 1 aromatic carbocycles. The largest absolute Gasteiger partial charge is 0.504 e. The highest BCUT2D eigenvalue weighted by Gasteiger charge is 2.73. The monoisotopic (exact) mass is 224 g/mol. The van der Waals surface area contributed by atoms with Crippen molar-refractivity contribution in [1.82, 2.24) is 0 Å². The van der Waals surface area contributed by atoms with Gasteiger partial charge in [0.15, 0.2) is 11.5 Å². The van der Waals surface area contributed by atoms with Gasteiger partial charge in [-0.3, -0.25) is 0 Å². The second-order valence-corrected chi connectivity index (χ2v) is 5.61. The summed E-state index contributed by atoms with van der Waals surface area (Å²) in [6.45, 7) is 4.08. The average Bonchev–Trinajstić information content (AvgIpc) is 2.81. The molecule has 0 aliphatic carbocycles. The fourth-order valence-corrected chi connectivity index (χ4v) is 3.24. The van der Waals surface area contributed by atoms with Gasteiger partial charge in [-0.05, 0) is 25.5 Å². The van der Waals surface area contributed by atoms with E-state index in [1.807, 2.05) is 13.0 Å². The minimum Gasteiger partial charge on any atom is -0.504 e. The first-order chi connectivity index (χ1) is 7.10. The molecule has 2 aliphatic rings. The second kappa shape index (κ2) is 2.55. The van der Waals surface area contributed by atoms with Crippen molar-refractivity contribution in [2.45, 2.75) is 30.1 Å². The molecular weight excluding hydrogens is 212 g/mol. The molecule has 0 aromatic heterocycles. The highest BCUT2D eigenvalue weighted by Crippen LogP contribution is 2.70. The van der Waals surface area contributed by atoms with E-state index < -0.39 is 0 Å². The summed E-state index contributed by atoms with van der Waals surface area (Å²) in [6.07, 6.45) is 0.863. The van der Waals surface area contributed by atoms with E-state index >= 15 is 0 Å². The fraction of sp³-hybridized carbons (Fsp3) is 0.455. The van der Waals surface area contributed by atoms with Gasteiger partial charge in [-0.2, -0.15) is 0 Å². The third kappa shape index (κ3) is 1.03. The molecule has 0 spiro atoms. The van der Waals surface area contributed by atoms with Crippen molar-refractivity contribution >= 4 is 11.8 Å². The lowest BCUT2D eigenvalue weighted by molar-refractivity contribution is 0.0271. The maximum Gasteiger partial charge on any atom is 0.207 e. The number of phenolic OH excluding ortho intramolecular Hbond substituents is 1. The van der Waals surface area contributed by atoms with Crippen LogP contribution < -0.4 is 9.47 Å². The molecule has 0 saturated carbocycles. The van der Waals surface area contributed by atoms with E-state index in [-0.39, 0.29) is 15.6 Å². The van der Waals surface area contributed by atoms with Gasteiger partial charge in [0.1, 0.15) is 0 Å². The number of benzene rings is 1. The van der Waals surface area contributed by atoms with Crippen LogP contribution in [0.3, 0.4) is 0 Å². The predicted octanol–water partition coefficient (Wildman–Crippen LogP) is 2.73. The maximum atomic E-state index is 9.67. The fourth-order valence-electron chi connectivity index (χ4n) is 2.03. The molecule has 2 unspecified atom stereocenters. The molecule has 0 amide bonds. The molecule has 2 heterocycles. The zero-order chi connectivity index (χ0) is 10.7. The topological polar surface area (TPSA) is 38.7 Å². The Kier molecular flexibility index (Phi) is 1.57. The van der Waals surface area contributed by atoms with E-state index in [1.54, 1.807) is 23.9 Å². The Labute approximate surface area is 92.4 Å². The van der Waals surface area contributed by atoms with Crippen molar-refractivity contribution in [3.8, 4) is 17.2 Å². The molecule has 3 rings (SSSR count). The first kappa shape index (κ1) is 9.21. The lowest BCUT2D eigenvalue weighted by Crippen LogP contribution is -2.36. The first-order valence-electron chi connectivity index (χ1n) is 5.00. The van der Waals surface area contributed by atoms with E-state index in [0.717, 1.165) is 6.42 Å². The van der Waals surface area contributed by atoms with Crippen molar-refractivity contribution in [3.63, 3.8) is 0 Å². The van der Waals surface area contributed by atoms with Crippen molar-refractivity contribution in [2.75, 3.05) is 0 Å². The third-order valence-electron chi connectivity index (χ3n) is 3.01. The Hall–Kier alpha value is -1.03. The Balaban J connectivity index is 2.08. The summed E-state index contributed by atoms with van der Waals surface area (Å²) >= 11 is 1.66. The summed E-state index contributed by atoms with van der Waals surface area (Å²) in [6, 6.07) is 5.19. The Bertz CT molecular complexity index is 434. The second-order valence-electron chi connectivity index (χ2n) is 3.96. The van der Waals surface area contributed by atoms with E-state index in [2.05, 4.69) is 6.92 Å². The van der Waals surface area contributed by atoms with Crippen molar-refractivity contribution < 1.29 is 14.6 Å². The van der Waals surface area contributed by atoms with Crippen LogP contribution in [0.25, 0.3) is 0 Å². The van der Waals surface area contributed by atoms with E-state index in [4.69, 9.17) is 9.47 Å². The lowest BCUT2D eigenvalue weighted by atomic mass is 10.1. The molecule has 1 saturated heterocycles. The number of thioether (sulfide) groups is 1. The molecule has 2 aliphatic heterocycles. The SMILES string of the molecule is CCC12Oc3c(O)cccc3OC1(C)S2. The average molecular weight is 224 g/mol. The van der Waals surface area contributed by atoms with Gasteiger partial charge in [-0.25, -0.2) is 0 Å². The zero-order valence-corrected chi connectivity index (χ0v) is 9.43. The first-order valence-corrected chi connectivity index (χ1v) is 5.82. The number of hydrogen-bond donors (Lipinski definition) is 1. The van der Waals surface area contributed by atoms with Crippen LogP contribution in [0.4, 0.5) is 0 Å². The van der Waals surface area contributed by atoms with Crippen molar-refractivity contribution in [1.29, 1.82) is 0 Å². The Morgan fingerprint density at radius 3 is 2.93 bits per heavy atom. The smallest absolute Gasteiger partial charge is 0.207 e. The molecule has 4 heteroatoms. The normalized spacial score (nSPS) is 35.9. The van der Waals surface area contributed by atoms with Crippen molar-refractivity contribution in [3.05, 3.63) is 18.2 Å². The number of aromatic hydroxyl groups is 1. The standard InChI is InChI=1S/C11H12O3S/c1-3-11-10(2,15-11)13-8-6-4-5-7(12)9(8)14-11/h4-6,12H,3H2,1-2H3.